The lowest BCUT2D eigenvalue weighted by Gasteiger charge is -2.19. The lowest BCUT2D eigenvalue weighted by molar-refractivity contribution is 0.0211. The van der Waals surface area contributed by atoms with Gasteiger partial charge in [-0.05, 0) is 23.4 Å². The van der Waals surface area contributed by atoms with Crippen molar-refractivity contribution in [3.8, 4) is 0 Å². The number of rotatable bonds is 4. The maximum Gasteiger partial charge on any atom is 0.107 e. The molecule has 0 fully saturated rings. The van der Waals surface area contributed by atoms with Gasteiger partial charge in [-0.15, -0.1) is 0 Å². The molecular weight excluding hydrogens is 214 g/mol. The van der Waals surface area contributed by atoms with Crippen molar-refractivity contribution >= 4 is 10.8 Å². The average molecular weight is 231 g/mol. The van der Waals surface area contributed by atoms with E-state index in [1.807, 2.05) is 42.5 Å². The minimum Gasteiger partial charge on any atom is -0.389 e. The first kappa shape index (κ1) is 12.0. The number of aliphatic hydroxyl groups excluding tert-OH is 2. The lowest BCUT2D eigenvalue weighted by atomic mass is 9.97. The molecule has 2 rings (SSSR count). The van der Waals surface area contributed by atoms with E-state index in [1.165, 1.54) is 0 Å². The maximum absolute atomic E-state index is 10.1. The van der Waals surface area contributed by atoms with Crippen LogP contribution in [0.4, 0.5) is 0 Å². The van der Waals surface area contributed by atoms with E-state index in [-0.39, 0.29) is 0 Å². The number of benzene rings is 2. The van der Waals surface area contributed by atoms with Crippen LogP contribution in [0.1, 0.15) is 11.7 Å². The zero-order valence-electron chi connectivity index (χ0n) is 9.80. The fourth-order valence-corrected chi connectivity index (χ4v) is 2.04. The standard InChI is InChI=1S/C14H17NO2/c1-15-9-13(16)14(17)12-8-4-6-10-5-2-3-7-11(10)12/h2-8,13-17H,9H2,1H3. The first-order chi connectivity index (χ1) is 8.24. The minimum absolute atomic E-state index is 0.365. The fourth-order valence-electron chi connectivity index (χ4n) is 2.04. The van der Waals surface area contributed by atoms with Crippen LogP contribution in [0.5, 0.6) is 0 Å². The third-order valence-electron chi connectivity index (χ3n) is 2.92. The van der Waals surface area contributed by atoms with Crippen molar-refractivity contribution in [2.45, 2.75) is 12.2 Å². The van der Waals surface area contributed by atoms with Crippen molar-refractivity contribution in [2.75, 3.05) is 13.6 Å². The van der Waals surface area contributed by atoms with Crippen molar-refractivity contribution in [2.24, 2.45) is 0 Å². The molecule has 2 aromatic rings. The van der Waals surface area contributed by atoms with Gasteiger partial charge < -0.3 is 15.5 Å². The zero-order valence-corrected chi connectivity index (χ0v) is 9.80. The molecule has 3 N–H and O–H groups in total. The minimum atomic E-state index is -0.867. The molecule has 0 aliphatic carbocycles. The number of hydrogen-bond donors (Lipinski definition) is 3. The molecule has 90 valence electrons. The summed E-state index contributed by atoms with van der Waals surface area (Å²) in [7, 11) is 1.75. The molecule has 3 heteroatoms. The van der Waals surface area contributed by atoms with Crippen LogP contribution in [0.3, 0.4) is 0 Å². The Hall–Kier alpha value is -1.42. The molecule has 0 saturated carbocycles. The SMILES string of the molecule is CNCC(O)C(O)c1cccc2ccccc12. The van der Waals surface area contributed by atoms with Crippen LogP contribution in [0.15, 0.2) is 42.5 Å². The highest BCUT2D eigenvalue weighted by molar-refractivity contribution is 5.86. The van der Waals surface area contributed by atoms with Crippen molar-refractivity contribution in [1.82, 2.24) is 5.32 Å². The van der Waals surface area contributed by atoms with E-state index >= 15 is 0 Å². The summed E-state index contributed by atoms with van der Waals surface area (Å²) in [5.41, 5.74) is 0.769. The Kier molecular flexibility index (Phi) is 3.74. The van der Waals surface area contributed by atoms with E-state index in [2.05, 4.69) is 5.32 Å². The largest absolute Gasteiger partial charge is 0.389 e. The van der Waals surface area contributed by atoms with Gasteiger partial charge in [0.25, 0.3) is 0 Å². The predicted molar refractivity (Wildman–Crippen MR) is 68.8 cm³/mol. The molecule has 3 nitrogen and oxygen atoms in total. The Morgan fingerprint density at radius 1 is 1.06 bits per heavy atom. The van der Waals surface area contributed by atoms with Crippen molar-refractivity contribution in [3.63, 3.8) is 0 Å². The molecule has 17 heavy (non-hydrogen) atoms. The first-order valence-electron chi connectivity index (χ1n) is 5.72. The summed E-state index contributed by atoms with van der Waals surface area (Å²) in [6.07, 6.45) is -1.67. The molecule has 0 heterocycles. The third kappa shape index (κ3) is 2.47. The van der Waals surface area contributed by atoms with Crippen LogP contribution < -0.4 is 5.32 Å². The molecule has 2 aromatic carbocycles. The van der Waals surface area contributed by atoms with Gasteiger partial charge in [-0.2, -0.15) is 0 Å². The molecule has 0 aromatic heterocycles. The molecule has 0 spiro atoms. The second kappa shape index (κ2) is 5.27. The van der Waals surface area contributed by atoms with E-state index in [1.54, 1.807) is 7.05 Å². The normalized spacial score (nSPS) is 14.8. The van der Waals surface area contributed by atoms with Crippen LogP contribution in [0.2, 0.25) is 0 Å². The molecule has 0 radical (unpaired) electrons. The third-order valence-corrected chi connectivity index (χ3v) is 2.92. The van der Waals surface area contributed by atoms with Gasteiger partial charge in [0, 0.05) is 6.54 Å². The highest BCUT2D eigenvalue weighted by Crippen LogP contribution is 2.26. The van der Waals surface area contributed by atoms with Gasteiger partial charge in [-0.25, -0.2) is 0 Å². The summed E-state index contributed by atoms with van der Waals surface area (Å²) >= 11 is 0. The quantitative estimate of drug-likeness (QED) is 0.746. The van der Waals surface area contributed by atoms with E-state index in [0.717, 1.165) is 16.3 Å². The Labute approximate surface area is 101 Å². The molecule has 0 aliphatic heterocycles. The number of nitrogens with one attached hydrogen (secondary N) is 1. The number of likely N-dealkylation sites (N-methyl/N-ethyl adjacent to an activating group) is 1. The van der Waals surface area contributed by atoms with E-state index in [9.17, 15) is 10.2 Å². The first-order valence-corrected chi connectivity index (χ1v) is 5.72. The molecule has 0 saturated heterocycles. The molecule has 0 aliphatic rings. The van der Waals surface area contributed by atoms with Gasteiger partial charge in [0.2, 0.25) is 0 Å². The van der Waals surface area contributed by atoms with Gasteiger partial charge >= 0.3 is 0 Å². The highest BCUT2D eigenvalue weighted by atomic mass is 16.3. The topological polar surface area (TPSA) is 52.5 Å². The summed E-state index contributed by atoms with van der Waals surface area (Å²) in [5, 5.41) is 24.9. The van der Waals surface area contributed by atoms with Gasteiger partial charge in [0.15, 0.2) is 0 Å². The Balaban J connectivity index is 2.41. The number of hydrogen-bond acceptors (Lipinski definition) is 3. The van der Waals surface area contributed by atoms with Crippen molar-refractivity contribution in [3.05, 3.63) is 48.0 Å². The van der Waals surface area contributed by atoms with Gasteiger partial charge in [0.05, 0.1) is 6.10 Å². The smallest absolute Gasteiger partial charge is 0.107 e. The van der Waals surface area contributed by atoms with Crippen molar-refractivity contribution < 1.29 is 10.2 Å². The van der Waals surface area contributed by atoms with Gasteiger partial charge in [-0.1, -0.05) is 42.5 Å². The fraction of sp³-hybridized carbons (Fsp3) is 0.286. The van der Waals surface area contributed by atoms with Crippen LogP contribution >= 0.6 is 0 Å². The van der Waals surface area contributed by atoms with Crippen LogP contribution in [0, 0.1) is 0 Å². The zero-order chi connectivity index (χ0) is 12.3. The second-order valence-corrected chi connectivity index (χ2v) is 4.14. The number of aliphatic hydroxyl groups is 2. The summed E-state index contributed by atoms with van der Waals surface area (Å²) in [6, 6.07) is 13.6. The highest BCUT2D eigenvalue weighted by Gasteiger charge is 2.19. The van der Waals surface area contributed by atoms with Crippen LogP contribution in [-0.4, -0.2) is 29.9 Å². The monoisotopic (exact) mass is 231 g/mol. The summed E-state index contributed by atoms with van der Waals surface area (Å²) in [4.78, 5) is 0. The lowest BCUT2D eigenvalue weighted by Crippen LogP contribution is -2.29. The summed E-state index contributed by atoms with van der Waals surface area (Å²) in [5.74, 6) is 0. The molecule has 0 amide bonds. The van der Waals surface area contributed by atoms with Gasteiger partial charge in [0.1, 0.15) is 6.10 Å². The van der Waals surface area contributed by atoms with E-state index in [4.69, 9.17) is 0 Å². The molecule has 2 atom stereocenters. The van der Waals surface area contributed by atoms with E-state index < -0.39 is 12.2 Å². The van der Waals surface area contributed by atoms with Crippen LogP contribution in [0.25, 0.3) is 10.8 Å². The van der Waals surface area contributed by atoms with Crippen LogP contribution in [-0.2, 0) is 0 Å². The Morgan fingerprint density at radius 2 is 1.76 bits per heavy atom. The predicted octanol–water partition coefficient (Wildman–Crippen LogP) is 1.45. The Morgan fingerprint density at radius 3 is 2.53 bits per heavy atom. The molecular formula is C14H17NO2. The second-order valence-electron chi connectivity index (χ2n) is 4.14. The Bertz CT molecular complexity index is 493. The maximum atomic E-state index is 10.1. The average Bonchev–Trinajstić information content (AvgIpc) is 2.37. The molecule has 0 bridgehead atoms. The number of fused-ring (bicyclic) bond motifs is 1. The van der Waals surface area contributed by atoms with E-state index in [0.29, 0.717) is 6.54 Å². The molecule has 2 unspecified atom stereocenters. The summed E-state index contributed by atoms with van der Waals surface area (Å²) < 4.78 is 0. The van der Waals surface area contributed by atoms with Crippen molar-refractivity contribution in [1.29, 1.82) is 0 Å². The van der Waals surface area contributed by atoms with Gasteiger partial charge in [-0.3, -0.25) is 0 Å². The summed E-state index contributed by atoms with van der Waals surface area (Å²) in [6.45, 7) is 0.365.